The van der Waals surface area contributed by atoms with Crippen molar-refractivity contribution in [2.75, 3.05) is 6.26 Å². The Morgan fingerprint density at radius 1 is 1.05 bits per heavy atom. The van der Waals surface area contributed by atoms with Crippen LogP contribution in [0.3, 0.4) is 0 Å². The van der Waals surface area contributed by atoms with Gasteiger partial charge in [-0.05, 0) is 50.3 Å². The third kappa shape index (κ3) is 3.40. The molecule has 0 aliphatic heterocycles. The van der Waals surface area contributed by atoms with Crippen LogP contribution in [0.2, 0.25) is 0 Å². The lowest BCUT2D eigenvalue weighted by Gasteiger charge is -2.34. The molecule has 2 fully saturated rings. The highest BCUT2D eigenvalue weighted by molar-refractivity contribution is 7.99. The van der Waals surface area contributed by atoms with Crippen LogP contribution >= 0.6 is 11.8 Å². The zero-order chi connectivity index (χ0) is 13.9. The van der Waals surface area contributed by atoms with Crippen molar-refractivity contribution in [3.63, 3.8) is 0 Å². The zero-order valence-corrected chi connectivity index (χ0v) is 13.6. The minimum atomic E-state index is 0.591. The molecular weight excluding hydrogens is 262 g/mol. The van der Waals surface area contributed by atoms with E-state index in [9.17, 15) is 0 Å². The van der Waals surface area contributed by atoms with Gasteiger partial charge in [0.25, 0.3) is 0 Å². The Morgan fingerprint density at radius 3 is 2.40 bits per heavy atom. The predicted molar refractivity (Wildman–Crippen MR) is 89.3 cm³/mol. The molecule has 2 aliphatic rings. The van der Waals surface area contributed by atoms with Gasteiger partial charge in [-0.2, -0.15) is 11.8 Å². The van der Waals surface area contributed by atoms with Crippen LogP contribution in [0.1, 0.15) is 55.7 Å². The molecule has 0 bridgehead atoms. The monoisotopic (exact) mass is 289 g/mol. The highest BCUT2D eigenvalue weighted by atomic mass is 32.2. The standard InChI is InChI=1S/C18H27NS/c1-13-7-9-14(10-8-13)18(15-11-12-15)19-16-5-3-4-6-17(16)20-2/h7-10,15-19H,3-6,11-12H2,1-2H3. The molecule has 110 valence electrons. The fraction of sp³-hybridized carbons (Fsp3) is 0.667. The van der Waals surface area contributed by atoms with Gasteiger partial charge >= 0.3 is 0 Å². The number of benzene rings is 1. The van der Waals surface area contributed by atoms with Crippen LogP contribution in [0, 0.1) is 12.8 Å². The second-order valence-corrected chi connectivity index (χ2v) is 7.63. The maximum Gasteiger partial charge on any atom is 0.0351 e. The Balaban J connectivity index is 1.72. The van der Waals surface area contributed by atoms with Crippen molar-refractivity contribution in [3.8, 4) is 0 Å². The van der Waals surface area contributed by atoms with Gasteiger partial charge in [0.05, 0.1) is 0 Å². The molecule has 2 heteroatoms. The lowest BCUT2D eigenvalue weighted by atomic mass is 9.92. The van der Waals surface area contributed by atoms with Gasteiger partial charge in [0.15, 0.2) is 0 Å². The molecule has 1 N–H and O–H groups in total. The summed E-state index contributed by atoms with van der Waals surface area (Å²) in [6.45, 7) is 2.17. The van der Waals surface area contributed by atoms with Gasteiger partial charge in [-0.1, -0.05) is 42.7 Å². The Bertz CT molecular complexity index is 424. The molecule has 0 radical (unpaired) electrons. The van der Waals surface area contributed by atoms with Crippen molar-refractivity contribution >= 4 is 11.8 Å². The normalized spacial score (nSPS) is 28.3. The Morgan fingerprint density at radius 2 is 1.75 bits per heavy atom. The fourth-order valence-corrected chi connectivity index (χ4v) is 4.45. The molecule has 2 saturated carbocycles. The van der Waals surface area contributed by atoms with Gasteiger partial charge in [-0.25, -0.2) is 0 Å². The molecule has 1 aromatic carbocycles. The van der Waals surface area contributed by atoms with Gasteiger partial charge in [0.2, 0.25) is 0 Å². The van der Waals surface area contributed by atoms with E-state index in [0.29, 0.717) is 12.1 Å². The summed E-state index contributed by atoms with van der Waals surface area (Å²) in [6, 6.07) is 10.5. The summed E-state index contributed by atoms with van der Waals surface area (Å²) < 4.78 is 0. The SMILES string of the molecule is CSC1CCCCC1NC(c1ccc(C)cc1)C1CC1. The molecule has 3 unspecified atom stereocenters. The first-order valence-electron chi connectivity index (χ1n) is 8.13. The van der Waals surface area contributed by atoms with Crippen molar-refractivity contribution < 1.29 is 0 Å². The molecule has 0 saturated heterocycles. The topological polar surface area (TPSA) is 12.0 Å². The number of hydrogen-bond acceptors (Lipinski definition) is 2. The summed E-state index contributed by atoms with van der Waals surface area (Å²) in [5.74, 6) is 0.877. The molecule has 20 heavy (non-hydrogen) atoms. The van der Waals surface area contributed by atoms with E-state index in [1.54, 1.807) is 0 Å². The zero-order valence-electron chi connectivity index (χ0n) is 12.8. The third-order valence-electron chi connectivity index (χ3n) is 4.93. The van der Waals surface area contributed by atoms with E-state index in [-0.39, 0.29) is 0 Å². The van der Waals surface area contributed by atoms with E-state index in [4.69, 9.17) is 0 Å². The third-order valence-corrected chi connectivity index (χ3v) is 6.10. The Labute approximate surface area is 127 Å². The number of hydrogen-bond donors (Lipinski definition) is 1. The minimum absolute atomic E-state index is 0.591. The first-order valence-corrected chi connectivity index (χ1v) is 9.42. The second-order valence-electron chi connectivity index (χ2n) is 6.56. The smallest absolute Gasteiger partial charge is 0.0351 e. The van der Waals surface area contributed by atoms with Crippen LogP contribution in [0.4, 0.5) is 0 Å². The summed E-state index contributed by atoms with van der Waals surface area (Å²) in [7, 11) is 0. The lowest BCUT2D eigenvalue weighted by molar-refractivity contribution is 0.331. The van der Waals surface area contributed by atoms with Crippen molar-refractivity contribution in [1.29, 1.82) is 0 Å². The molecule has 2 aliphatic carbocycles. The van der Waals surface area contributed by atoms with E-state index in [1.165, 1.54) is 49.7 Å². The average Bonchev–Trinajstić information content (AvgIpc) is 3.31. The second kappa shape index (κ2) is 6.53. The quantitative estimate of drug-likeness (QED) is 0.842. The molecule has 1 aromatic rings. The lowest BCUT2D eigenvalue weighted by Crippen LogP contribution is -2.43. The summed E-state index contributed by atoms with van der Waals surface area (Å²) in [5, 5.41) is 4.85. The van der Waals surface area contributed by atoms with Gasteiger partial charge in [-0.15, -0.1) is 0 Å². The van der Waals surface area contributed by atoms with Crippen LogP contribution in [0.25, 0.3) is 0 Å². The van der Waals surface area contributed by atoms with Crippen molar-refractivity contribution in [2.24, 2.45) is 5.92 Å². The first kappa shape index (κ1) is 14.5. The van der Waals surface area contributed by atoms with E-state index in [0.717, 1.165) is 11.2 Å². The van der Waals surface area contributed by atoms with E-state index < -0.39 is 0 Å². The molecule has 0 aromatic heterocycles. The Hall–Kier alpha value is -0.470. The maximum atomic E-state index is 4.03. The van der Waals surface area contributed by atoms with Gasteiger partial charge in [0.1, 0.15) is 0 Å². The van der Waals surface area contributed by atoms with Crippen molar-refractivity contribution in [1.82, 2.24) is 5.32 Å². The number of rotatable bonds is 5. The Kier molecular flexibility index (Phi) is 4.72. The van der Waals surface area contributed by atoms with Crippen molar-refractivity contribution in [2.45, 2.75) is 62.8 Å². The molecule has 0 spiro atoms. The highest BCUT2D eigenvalue weighted by Crippen LogP contribution is 2.42. The molecule has 3 atom stereocenters. The minimum Gasteiger partial charge on any atom is -0.306 e. The van der Waals surface area contributed by atoms with Gasteiger partial charge in [0, 0.05) is 17.3 Å². The largest absolute Gasteiger partial charge is 0.306 e. The summed E-state index contributed by atoms with van der Waals surface area (Å²) in [5.41, 5.74) is 2.87. The highest BCUT2D eigenvalue weighted by Gasteiger charge is 2.35. The number of nitrogens with one attached hydrogen (secondary N) is 1. The van der Waals surface area contributed by atoms with Gasteiger partial charge < -0.3 is 5.32 Å². The fourth-order valence-electron chi connectivity index (χ4n) is 3.51. The molecular formula is C18H27NS. The molecule has 0 heterocycles. The van der Waals surface area contributed by atoms with Gasteiger partial charge in [-0.3, -0.25) is 0 Å². The van der Waals surface area contributed by atoms with E-state index in [1.807, 2.05) is 0 Å². The van der Waals surface area contributed by atoms with E-state index in [2.05, 4.69) is 54.5 Å². The van der Waals surface area contributed by atoms with Crippen LogP contribution in [0.15, 0.2) is 24.3 Å². The molecule has 0 amide bonds. The van der Waals surface area contributed by atoms with Crippen LogP contribution < -0.4 is 5.32 Å². The van der Waals surface area contributed by atoms with Crippen molar-refractivity contribution in [3.05, 3.63) is 35.4 Å². The summed E-state index contributed by atoms with van der Waals surface area (Å²) >= 11 is 2.06. The number of thioether (sulfide) groups is 1. The number of aryl methyl sites for hydroxylation is 1. The van der Waals surface area contributed by atoms with Crippen LogP contribution in [0.5, 0.6) is 0 Å². The van der Waals surface area contributed by atoms with E-state index >= 15 is 0 Å². The van der Waals surface area contributed by atoms with Crippen LogP contribution in [-0.4, -0.2) is 17.5 Å². The predicted octanol–water partition coefficient (Wildman–Crippen LogP) is 4.71. The summed E-state index contributed by atoms with van der Waals surface area (Å²) in [6.07, 6.45) is 10.7. The van der Waals surface area contributed by atoms with Crippen LogP contribution in [-0.2, 0) is 0 Å². The maximum absolute atomic E-state index is 4.03. The summed E-state index contributed by atoms with van der Waals surface area (Å²) in [4.78, 5) is 0. The molecule has 1 nitrogen and oxygen atoms in total. The molecule has 3 rings (SSSR count). The first-order chi connectivity index (χ1) is 9.78. The average molecular weight is 289 g/mol.